The van der Waals surface area contributed by atoms with Crippen molar-refractivity contribution in [1.29, 1.82) is 0 Å². The number of carbonyl (C=O) groups excluding carboxylic acids is 1. The number of amides is 1. The summed E-state index contributed by atoms with van der Waals surface area (Å²) < 4.78 is 6.01. The van der Waals surface area contributed by atoms with E-state index >= 15 is 0 Å². The molecule has 3 heterocycles. The minimum Gasteiger partial charge on any atom is -0.495 e. The molecule has 4 rings (SSSR count). The van der Waals surface area contributed by atoms with Gasteiger partial charge in [-0.15, -0.1) is 0 Å². The molecule has 0 unspecified atom stereocenters. The first kappa shape index (κ1) is 20.0. The number of hydrogen-bond acceptors (Lipinski definition) is 5. The third-order valence-corrected chi connectivity index (χ3v) is 5.94. The molecule has 0 spiro atoms. The van der Waals surface area contributed by atoms with Gasteiger partial charge in [0.15, 0.2) is 0 Å². The monoisotopic (exact) mass is 477 g/mol. The molecule has 152 valence electrons. The number of pyridine rings is 1. The van der Waals surface area contributed by atoms with Crippen LogP contribution in [0.15, 0.2) is 35.1 Å². The third-order valence-electron chi connectivity index (χ3n) is 5.07. The zero-order valence-electron chi connectivity index (χ0n) is 15.8. The maximum absolute atomic E-state index is 12.8. The van der Waals surface area contributed by atoms with Gasteiger partial charge in [-0.25, -0.2) is 4.98 Å². The Bertz CT molecular complexity index is 1070. The smallest absolute Gasteiger partial charge is 0.255 e. The molecule has 1 aliphatic heterocycles. The Kier molecular flexibility index (Phi) is 5.67. The molecule has 0 saturated carbocycles. The lowest BCUT2D eigenvalue weighted by Crippen LogP contribution is -2.43. The van der Waals surface area contributed by atoms with E-state index in [1.54, 1.807) is 30.6 Å². The third kappa shape index (κ3) is 3.92. The lowest BCUT2D eigenvalue weighted by atomic mass is 10.1. The lowest BCUT2D eigenvalue weighted by molar-refractivity contribution is 0.102. The van der Waals surface area contributed by atoms with Gasteiger partial charge in [-0.3, -0.25) is 4.79 Å². The number of nitrogens with zero attached hydrogens (tertiary/aromatic N) is 2. The lowest BCUT2D eigenvalue weighted by Gasteiger charge is -2.33. The van der Waals surface area contributed by atoms with Crippen LogP contribution in [0.5, 0.6) is 5.75 Å². The van der Waals surface area contributed by atoms with Gasteiger partial charge in [-0.1, -0.05) is 11.6 Å². The summed E-state index contributed by atoms with van der Waals surface area (Å²) in [6.07, 6.45) is 5.55. The molecule has 0 radical (unpaired) electrons. The number of aromatic nitrogens is 2. The molecule has 1 saturated heterocycles. The minimum absolute atomic E-state index is 0.122. The van der Waals surface area contributed by atoms with Gasteiger partial charge in [-0.05, 0) is 47.0 Å². The Hall–Kier alpha value is -2.29. The van der Waals surface area contributed by atoms with E-state index in [2.05, 4.69) is 36.1 Å². The Morgan fingerprint density at radius 1 is 1.48 bits per heavy atom. The molecule has 1 aromatic carbocycles. The average molecular weight is 479 g/mol. The van der Waals surface area contributed by atoms with Crippen LogP contribution in [0.2, 0.25) is 5.02 Å². The number of ether oxygens (including phenoxy) is 1. The fraction of sp³-hybridized carbons (Fsp3) is 0.300. The molecular weight excluding hydrogens is 458 g/mol. The molecule has 0 bridgehead atoms. The largest absolute Gasteiger partial charge is 0.495 e. The van der Waals surface area contributed by atoms with Crippen LogP contribution in [-0.2, 0) is 0 Å². The van der Waals surface area contributed by atoms with E-state index in [4.69, 9.17) is 22.1 Å². The minimum atomic E-state index is -0.267. The summed E-state index contributed by atoms with van der Waals surface area (Å²) in [5.74, 6) is 0.254. The van der Waals surface area contributed by atoms with Crippen LogP contribution in [0.4, 0.5) is 11.4 Å². The number of aromatic amines is 1. The number of anilines is 2. The van der Waals surface area contributed by atoms with Gasteiger partial charge in [0.25, 0.3) is 5.91 Å². The van der Waals surface area contributed by atoms with E-state index in [9.17, 15) is 4.79 Å². The summed E-state index contributed by atoms with van der Waals surface area (Å²) in [5, 5.41) is 4.20. The van der Waals surface area contributed by atoms with Gasteiger partial charge in [-0.2, -0.15) is 0 Å². The molecule has 1 aliphatic rings. The predicted octanol–water partition coefficient (Wildman–Crippen LogP) is 4.17. The Balaban J connectivity index is 1.70. The highest BCUT2D eigenvalue weighted by Crippen LogP contribution is 2.39. The zero-order chi connectivity index (χ0) is 20.5. The maximum Gasteiger partial charge on any atom is 0.255 e. The Morgan fingerprint density at radius 3 is 3.03 bits per heavy atom. The van der Waals surface area contributed by atoms with Crippen LogP contribution < -0.4 is 20.7 Å². The van der Waals surface area contributed by atoms with Crippen molar-refractivity contribution < 1.29 is 9.53 Å². The van der Waals surface area contributed by atoms with Gasteiger partial charge >= 0.3 is 0 Å². The molecule has 3 aromatic rings. The number of rotatable bonds is 4. The number of hydrogen-bond donors (Lipinski definition) is 3. The number of benzene rings is 1. The van der Waals surface area contributed by atoms with Crippen molar-refractivity contribution in [3.63, 3.8) is 0 Å². The summed E-state index contributed by atoms with van der Waals surface area (Å²) in [6.45, 7) is 1.66. The fourth-order valence-electron chi connectivity index (χ4n) is 3.68. The van der Waals surface area contributed by atoms with Crippen LogP contribution in [0.25, 0.3) is 11.0 Å². The quantitative estimate of drug-likeness (QED) is 0.523. The number of H-pyrrole nitrogens is 1. The highest BCUT2D eigenvalue weighted by molar-refractivity contribution is 9.10. The van der Waals surface area contributed by atoms with E-state index in [0.717, 1.165) is 41.5 Å². The zero-order valence-corrected chi connectivity index (χ0v) is 18.2. The molecular formula is C20H21BrClN5O2. The second-order valence-corrected chi connectivity index (χ2v) is 8.29. The molecule has 9 heteroatoms. The van der Waals surface area contributed by atoms with Gasteiger partial charge < -0.3 is 25.7 Å². The van der Waals surface area contributed by atoms with E-state index < -0.39 is 0 Å². The van der Waals surface area contributed by atoms with Gasteiger partial charge in [0, 0.05) is 37.1 Å². The number of halogens is 2. The molecule has 4 N–H and O–H groups in total. The Morgan fingerprint density at radius 2 is 2.31 bits per heavy atom. The molecule has 0 aliphatic carbocycles. The van der Waals surface area contributed by atoms with Crippen LogP contribution >= 0.6 is 27.5 Å². The van der Waals surface area contributed by atoms with Gasteiger partial charge in [0.2, 0.25) is 0 Å². The number of fused-ring (bicyclic) bond motifs is 1. The van der Waals surface area contributed by atoms with Crippen molar-refractivity contribution >= 4 is 55.8 Å². The van der Waals surface area contributed by atoms with E-state index in [1.165, 1.54) is 7.11 Å². The highest BCUT2D eigenvalue weighted by atomic mass is 79.9. The molecule has 1 fully saturated rings. The summed E-state index contributed by atoms with van der Waals surface area (Å²) in [6, 6.07) is 5.06. The SMILES string of the molecule is COc1ccc(C(=O)Nc2c[nH]c3ncc(Br)c(N4CCC[C@@H](N)C4)c23)cc1Cl. The predicted molar refractivity (Wildman–Crippen MR) is 119 cm³/mol. The summed E-state index contributed by atoms with van der Waals surface area (Å²) >= 11 is 9.79. The van der Waals surface area contributed by atoms with Crippen molar-refractivity contribution in [1.82, 2.24) is 9.97 Å². The highest BCUT2D eigenvalue weighted by Gasteiger charge is 2.24. The Labute approximate surface area is 181 Å². The van der Waals surface area contributed by atoms with Crippen LogP contribution in [0.1, 0.15) is 23.2 Å². The average Bonchev–Trinajstić information content (AvgIpc) is 3.10. The summed E-state index contributed by atoms with van der Waals surface area (Å²) in [5.41, 5.74) is 8.96. The second kappa shape index (κ2) is 8.22. The normalized spacial score (nSPS) is 16.8. The van der Waals surface area contributed by atoms with Crippen molar-refractivity contribution in [3.8, 4) is 5.75 Å². The van der Waals surface area contributed by atoms with E-state index in [0.29, 0.717) is 27.7 Å². The van der Waals surface area contributed by atoms with Gasteiger partial charge in [0.1, 0.15) is 11.4 Å². The number of piperidine rings is 1. The number of nitrogens with two attached hydrogens (primary N) is 1. The van der Waals surface area contributed by atoms with E-state index in [-0.39, 0.29) is 11.9 Å². The number of carbonyl (C=O) groups is 1. The van der Waals surface area contributed by atoms with Crippen molar-refractivity contribution in [3.05, 3.63) is 45.7 Å². The topological polar surface area (TPSA) is 96.3 Å². The van der Waals surface area contributed by atoms with Crippen molar-refractivity contribution in [2.75, 3.05) is 30.4 Å². The van der Waals surface area contributed by atoms with Crippen LogP contribution in [0.3, 0.4) is 0 Å². The fourth-order valence-corrected chi connectivity index (χ4v) is 4.49. The van der Waals surface area contributed by atoms with Crippen molar-refractivity contribution in [2.45, 2.75) is 18.9 Å². The first-order chi connectivity index (χ1) is 14.0. The molecule has 1 atom stereocenters. The summed E-state index contributed by atoms with van der Waals surface area (Å²) in [7, 11) is 1.53. The molecule has 2 aromatic heterocycles. The molecule has 1 amide bonds. The van der Waals surface area contributed by atoms with Crippen molar-refractivity contribution in [2.24, 2.45) is 5.73 Å². The van der Waals surface area contributed by atoms with Crippen LogP contribution in [-0.4, -0.2) is 42.1 Å². The standard InChI is InChI=1S/C20H21BrClN5O2/c1-29-16-5-4-11(7-14(16)22)20(28)26-15-9-25-19-17(15)18(13(21)8-24-19)27-6-2-3-12(23)10-27/h4-5,7-9,12H,2-3,6,10,23H2,1H3,(H,24,25)(H,26,28)/t12-/m1/s1. The molecule has 29 heavy (non-hydrogen) atoms. The first-order valence-corrected chi connectivity index (χ1v) is 10.5. The van der Waals surface area contributed by atoms with Gasteiger partial charge in [0.05, 0.1) is 33.4 Å². The number of methoxy groups -OCH3 is 1. The first-order valence-electron chi connectivity index (χ1n) is 9.29. The second-order valence-electron chi connectivity index (χ2n) is 7.03. The molecule has 7 nitrogen and oxygen atoms in total. The van der Waals surface area contributed by atoms with E-state index in [1.807, 2.05) is 0 Å². The van der Waals surface area contributed by atoms with Crippen LogP contribution in [0, 0.1) is 0 Å². The summed E-state index contributed by atoms with van der Waals surface area (Å²) in [4.78, 5) is 22.7. The maximum atomic E-state index is 12.8. The number of nitrogens with one attached hydrogen (secondary N) is 2.